The predicted octanol–water partition coefficient (Wildman–Crippen LogP) is 5.90. The van der Waals surface area contributed by atoms with E-state index >= 15 is 0 Å². The number of aryl methyl sites for hydroxylation is 1. The van der Waals surface area contributed by atoms with Crippen molar-refractivity contribution in [2.24, 2.45) is 10.9 Å². The molecule has 1 fully saturated rings. The van der Waals surface area contributed by atoms with Crippen LogP contribution in [0.15, 0.2) is 89.2 Å². The minimum atomic E-state index is -0.295. The third-order valence-corrected chi connectivity index (χ3v) is 8.93. The Kier molecular flexibility index (Phi) is 11.8. The second kappa shape index (κ2) is 16.1. The molecule has 1 amide bonds. The van der Waals surface area contributed by atoms with Crippen LogP contribution in [-0.2, 0) is 27.2 Å². The fraction of sp³-hybridized carbons (Fsp3) is 0.378. The van der Waals surface area contributed by atoms with Gasteiger partial charge in [0.05, 0.1) is 51.3 Å². The second-order valence-electron chi connectivity index (χ2n) is 11.6. The van der Waals surface area contributed by atoms with Crippen molar-refractivity contribution in [3.05, 3.63) is 106 Å². The molecule has 0 saturated carbocycles. The average Bonchev–Trinajstić information content (AvgIpc) is 3.48. The van der Waals surface area contributed by atoms with Crippen molar-refractivity contribution >= 4 is 29.3 Å². The van der Waals surface area contributed by atoms with Crippen LogP contribution in [0.2, 0.25) is 5.02 Å². The number of allylic oxidation sites excluding steroid dienone is 3. The Morgan fingerprint density at radius 3 is 2.56 bits per heavy atom. The lowest BCUT2D eigenvalue weighted by molar-refractivity contribution is -0.115. The molecular formula is C37H44ClN5O5. The predicted molar refractivity (Wildman–Crippen MR) is 189 cm³/mol. The number of hydrogen-bond donors (Lipinski definition) is 1. The Morgan fingerprint density at radius 2 is 1.88 bits per heavy atom. The van der Waals surface area contributed by atoms with Gasteiger partial charge in [0, 0.05) is 78.2 Å². The summed E-state index contributed by atoms with van der Waals surface area (Å²) in [5, 5.41) is 3.48. The average molecular weight is 674 g/mol. The summed E-state index contributed by atoms with van der Waals surface area (Å²) in [4.78, 5) is 24.6. The first-order valence-corrected chi connectivity index (χ1v) is 16.6. The van der Waals surface area contributed by atoms with E-state index in [-0.39, 0.29) is 17.9 Å². The van der Waals surface area contributed by atoms with E-state index in [1.54, 1.807) is 27.5 Å². The van der Waals surface area contributed by atoms with E-state index in [1.807, 2.05) is 30.6 Å². The lowest BCUT2D eigenvalue weighted by atomic mass is 9.93. The summed E-state index contributed by atoms with van der Waals surface area (Å²) in [6.45, 7) is 11.2. The quantitative estimate of drug-likeness (QED) is 0.331. The Bertz CT molecular complexity index is 1710. The highest BCUT2D eigenvalue weighted by Gasteiger charge is 2.26. The molecule has 2 aromatic rings. The molecule has 2 atom stereocenters. The number of rotatable bonds is 9. The van der Waals surface area contributed by atoms with Gasteiger partial charge in [0.2, 0.25) is 5.91 Å². The molecule has 0 spiro atoms. The molecule has 3 aliphatic rings. The second-order valence-corrected chi connectivity index (χ2v) is 12.0. The number of fused-ring (bicyclic) bond motifs is 1. The topological polar surface area (TPSA) is 99.4 Å². The van der Waals surface area contributed by atoms with Crippen LogP contribution in [0, 0.1) is 5.92 Å². The van der Waals surface area contributed by atoms with Crippen molar-refractivity contribution in [1.82, 2.24) is 19.8 Å². The number of benzene rings is 1. The zero-order valence-electron chi connectivity index (χ0n) is 28.3. The zero-order valence-corrected chi connectivity index (χ0v) is 29.0. The first-order chi connectivity index (χ1) is 23.3. The van der Waals surface area contributed by atoms with Gasteiger partial charge in [0.1, 0.15) is 23.1 Å². The molecule has 11 heteroatoms. The summed E-state index contributed by atoms with van der Waals surface area (Å²) in [5.41, 5.74) is 4.80. The summed E-state index contributed by atoms with van der Waals surface area (Å²) in [6.07, 6.45) is 18.5. The number of morpholine rings is 1. The van der Waals surface area contributed by atoms with E-state index in [2.05, 4.69) is 53.4 Å². The van der Waals surface area contributed by atoms with Crippen LogP contribution >= 0.6 is 11.6 Å². The van der Waals surface area contributed by atoms with E-state index < -0.39 is 0 Å². The number of nitrogens with zero attached hydrogens (tertiary/aromatic N) is 4. The molecule has 0 radical (unpaired) electrons. The molecular weight excluding hydrogens is 630 g/mol. The molecule has 1 aromatic heterocycles. The standard InChI is InChI=1S/C37H44ClN5O5/c1-7-27-32(46-5)22-33(47-6)36(38)35(27)29-18-24(3)23-40-30(10-9-12-43-13-11-39-37(29)43)28-20-25(41-34(44)8-2)19-26(21-31(28)45-4)42-14-16-48-17-15-42/h8,10-11,13,18-24,26H,2,7,9,12,14-17H2,1,3-6H3,(H,41,44)/b29-18-,30-10?,40-23?. The molecule has 10 nitrogen and oxygen atoms in total. The van der Waals surface area contributed by atoms with Crippen LogP contribution in [0.25, 0.3) is 5.57 Å². The van der Waals surface area contributed by atoms with Gasteiger partial charge in [0.25, 0.3) is 0 Å². The number of nitrogens with one attached hydrogen (secondary N) is 1. The molecule has 1 saturated heterocycles. The number of halogens is 1. The number of carbonyl (C=O) groups is 1. The highest BCUT2D eigenvalue weighted by molar-refractivity contribution is 6.34. The molecule has 2 aliphatic heterocycles. The van der Waals surface area contributed by atoms with E-state index in [1.165, 1.54) is 6.08 Å². The largest absolute Gasteiger partial charge is 0.496 e. The van der Waals surface area contributed by atoms with E-state index in [0.29, 0.717) is 60.6 Å². The van der Waals surface area contributed by atoms with Crippen molar-refractivity contribution in [2.75, 3.05) is 47.6 Å². The number of imidazole rings is 1. The lowest BCUT2D eigenvalue weighted by Crippen LogP contribution is -2.42. The van der Waals surface area contributed by atoms with Gasteiger partial charge in [-0.15, -0.1) is 0 Å². The summed E-state index contributed by atoms with van der Waals surface area (Å²) in [5.74, 6) is 2.25. The number of aliphatic imine (C=N–C) groups is 1. The summed E-state index contributed by atoms with van der Waals surface area (Å²) in [6, 6.07) is 1.70. The first kappa shape index (κ1) is 34.9. The van der Waals surface area contributed by atoms with Crippen LogP contribution < -0.4 is 14.8 Å². The maximum Gasteiger partial charge on any atom is 0.247 e. The van der Waals surface area contributed by atoms with Gasteiger partial charge in [-0.1, -0.05) is 44.2 Å². The van der Waals surface area contributed by atoms with Gasteiger partial charge >= 0.3 is 0 Å². The molecule has 0 bridgehead atoms. The van der Waals surface area contributed by atoms with Gasteiger partial charge in [-0.25, -0.2) is 4.98 Å². The summed E-state index contributed by atoms with van der Waals surface area (Å²) >= 11 is 7.05. The smallest absolute Gasteiger partial charge is 0.247 e. The maximum absolute atomic E-state index is 12.5. The van der Waals surface area contributed by atoms with Crippen LogP contribution in [0.5, 0.6) is 11.5 Å². The number of ether oxygens (including phenoxy) is 4. The molecule has 3 heterocycles. The SMILES string of the molecule is C=CC(=O)NC1=CC(N2CCOCC2)C=C(OC)C(C2=CCCn3ccnc3/C(c3c(Cl)c(OC)cc(OC)c3CC)=C\C(C)C=N2)=C1. The number of hydrogen-bond acceptors (Lipinski definition) is 8. The van der Waals surface area contributed by atoms with Gasteiger partial charge in [-0.3, -0.25) is 14.7 Å². The number of aromatic nitrogens is 2. The van der Waals surface area contributed by atoms with Gasteiger partial charge in [-0.05, 0) is 37.1 Å². The first-order valence-electron chi connectivity index (χ1n) is 16.2. The Labute approximate surface area is 287 Å². The Hall–Kier alpha value is -4.38. The molecule has 2 unspecified atom stereocenters. The van der Waals surface area contributed by atoms with Gasteiger partial charge in [-0.2, -0.15) is 0 Å². The van der Waals surface area contributed by atoms with Crippen molar-refractivity contribution in [3.63, 3.8) is 0 Å². The minimum Gasteiger partial charge on any atom is -0.496 e. The van der Waals surface area contributed by atoms with Crippen molar-refractivity contribution in [1.29, 1.82) is 0 Å². The number of amides is 1. The molecule has 48 heavy (non-hydrogen) atoms. The normalized spacial score (nSPS) is 21.5. The van der Waals surface area contributed by atoms with Gasteiger partial charge < -0.3 is 28.8 Å². The fourth-order valence-electron chi connectivity index (χ4n) is 6.18. The van der Waals surface area contributed by atoms with E-state index in [0.717, 1.165) is 46.9 Å². The third kappa shape index (κ3) is 7.67. The molecule has 1 N–H and O–H groups in total. The fourth-order valence-corrected chi connectivity index (χ4v) is 6.53. The van der Waals surface area contributed by atoms with Crippen molar-refractivity contribution < 1.29 is 23.7 Å². The highest BCUT2D eigenvalue weighted by Crippen LogP contribution is 2.43. The van der Waals surface area contributed by atoms with Crippen LogP contribution in [0.1, 0.15) is 37.2 Å². The minimum absolute atomic E-state index is 0.125. The van der Waals surface area contributed by atoms with E-state index in [9.17, 15) is 4.79 Å². The summed E-state index contributed by atoms with van der Waals surface area (Å²) < 4.78 is 25.2. The lowest BCUT2D eigenvalue weighted by Gasteiger charge is -2.31. The monoisotopic (exact) mass is 673 g/mol. The third-order valence-electron chi connectivity index (χ3n) is 8.56. The molecule has 1 aliphatic carbocycles. The zero-order chi connectivity index (χ0) is 34.2. The van der Waals surface area contributed by atoms with Crippen LogP contribution in [-0.4, -0.2) is 80.2 Å². The molecule has 5 rings (SSSR count). The Balaban J connectivity index is 1.62. The molecule has 1 aromatic carbocycles. The number of methoxy groups -OCH3 is 3. The van der Waals surface area contributed by atoms with Gasteiger partial charge in [0.15, 0.2) is 0 Å². The Morgan fingerprint density at radius 1 is 1.10 bits per heavy atom. The summed E-state index contributed by atoms with van der Waals surface area (Å²) in [7, 11) is 4.91. The van der Waals surface area contributed by atoms with Crippen molar-refractivity contribution in [3.8, 4) is 11.5 Å². The van der Waals surface area contributed by atoms with E-state index in [4.69, 9.17) is 40.5 Å². The maximum atomic E-state index is 12.5. The van der Waals surface area contributed by atoms with Crippen LogP contribution in [0.4, 0.5) is 0 Å². The highest BCUT2D eigenvalue weighted by atomic mass is 35.5. The van der Waals surface area contributed by atoms with Crippen LogP contribution in [0.3, 0.4) is 0 Å². The molecule has 254 valence electrons. The number of carbonyl (C=O) groups excluding carboxylic acids is 1. The van der Waals surface area contributed by atoms with Crippen molar-refractivity contribution in [2.45, 2.75) is 39.3 Å².